The van der Waals surface area contributed by atoms with Crippen LogP contribution in [0, 0.1) is 17.3 Å². The monoisotopic (exact) mass is 312 g/mol. The van der Waals surface area contributed by atoms with Gasteiger partial charge in [-0.05, 0) is 13.8 Å². The molecular weight excluding hydrogens is 292 g/mol. The molecule has 0 aromatic heterocycles. The molecule has 2 bridgehead atoms. The van der Waals surface area contributed by atoms with E-state index in [1.165, 1.54) is 0 Å². The molecule has 7 heteroatoms. The zero-order valence-electron chi connectivity index (χ0n) is 12.6. The van der Waals surface area contributed by atoms with E-state index in [0.29, 0.717) is 6.61 Å². The lowest BCUT2D eigenvalue weighted by molar-refractivity contribution is -0.254. The van der Waals surface area contributed by atoms with E-state index in [9.17, 15) is 20.1 Å². The first-order valence-electron chi connectivity index (χ1n) is 7.73. The predicted molar refractivity (Wildman–Crippen MR) is 69.6 cm³/mol. The minimum absolute atomic E-state index is 0.299. The number of fused-ring (bicyclic) bond motifs is 8. The molecule has 0 unspecified atom stereocenters. The third-order valence-corrected chi connectivity index (χ3v) is 6.96. The van der Waals surface area contributed by atoms with Gasteiger partial charge < -0.3 is 29.5 Å². The van der Waals surface area contributed by atoms with Gasteiger partial charge in [-0.2, -0.15) is 0 Å². The summed E-state index contributed by atoms with van der Waals surface area (Å²) in [5, 5.41) is 33.0. The van der Waals surface area contributed by atoms with E-state index in [0.717, 1.165) is 0 Å². The summed E-state index contributed by atoms with van der Waals surface area (Å²) >= 11 is 0. The second-order valence-electron chi connectivity index (χ2n) is 8.19. The number of ether oxygens (including phenoxy) is 3. The second-order valence-corrected chi connectivity index (χ2v) is 8.19. The van der Waals surface area contributed by atoms with Crippen molar-refractivity contribution < 1.29 is 34.3 Å². The quantitative estimate of drug-likeness (QED) is 0.402. The number of rotatable bonds is 1. The van der Waals surface area contributed by atoms with Crippen molar-refractivity contribution in [2.45, 2.75) is 62.0 Å². The first-order chi connectivity index (χ1) is 10.1. The first-order valence-corrected chi connectivity index (χ1v) is 7.73. The lowest BCUT2D eigenvalue weighted by Crippen LogP contribution is -2.72. The van der Waals surface area contributed by atoms with Crippen molar-refractivity contribution in [3.05, 3.63) is 0 Å². The third-order valence-electron chi connectivity index (χ3n) is 6.96. The highest BCUT2D eigenvalue weighted by Gasteiger charge is 2.94. The van der Waals surface area contributed by atoms with Crippen molar-refractivity contribution in [1.29, 1.82) is 0 Å². The van der Waals surface area contributed by atoms with Crippen LogP contribution in [-0.2, 0) is 19.0 Å². The fourth-order valence-electron chi connectivity index (χ4n) is 5.73. The van der Waals surface area contributed by atoms with E-state index in [4.69, 9.17) is 14.2 Å². The molecule has 3 heterocycles. The van der Waals surface area contributed by atoms with Gasteiger partial charge in [-0.25, -0.2) is 0 Å². The first kappa shape index (κ1) is 13.7. The van der Waals surface area contributed by atoms with E-state index in [1.54, 1.807) is 20.8 Å². The van der Waals surface area contributed by atoms with Gasteiger partial charge in [0.15, 0.2) is 0 Å². The number of aliphatic hydroxyl groups is 3. The number of hydrogen-bond acceptors (Lipinski definition) is 7. The number of epoxide rings is 2. The van der Waals surface area contributed by atoms with Crippen LogP contribution in [0.25, 0.3) is 0 Å². The number of carbonyl (C=O) groups excluding carboxylic acids is 1. The van der Waals surface area contributed by atoms with Gasteiger partial charge in [-0.1, -0.05) is 6.92 Å². The molecule has 2 saturated carbocycles. The molecule has 122 valence electrons. The van der Waals surface area contributed by atoms with Crippen LogP contribution in [-0.4, -0.2) is 69.1 Å². The van der Waals surface area contributed by atoms with E-state index in [2.05, 4.69) is 0 Å². The summed E-state index contributed by atoms with van der Waals surface area (Å²) in [6, 6.07) is 0. The molecule has 0 radical (unpaired) electrons. The summed E-state index contributed by atoms with van der Waals surface area (Å²) in [5.74, 6) is -2.19. The molecule has 7 nitrogen and oxygen atoms in total. The Morgan fingerprint density at radius 1 is 1.32 bits per heavy atom. The minimum atomic E-state index is -1.59. The van der Waals surface area contributed by atoms with Crippen molar-refractivity contribution in [3.63, 3.8) is 0 Å². The van der Waals surface area contributed by atoms with E-state index >= 15 is 0 Å². The Morgan fingerprint density at radius 3 is 2.50 bits per heavy atom. The number of hydrogen-bond donors (Lipinski definition) is 3. The highest BCUT2D eigenvalue weighted by atomic mass is 16.7. The molecule has 5 rings (SSSR count). The number of carbonyl (C=O) groups is 1. The Morgan fingerprint density at radius 2 is 1.95 bits per heavy atom. The maximum atomic E-state index is 12.4. The number of esters is 1. The van der Waals surface area contributed by atoms with Crippen molar-refractivity contribution in [3.8, 4) is 0 Å². The second kappa shape index (κ2) is 3.23. The average molecular weight is 312 g/mol. The average Bonchev–Trinajstić information content (AvgIpc) is 3.26. The Kier molecular flexibility index (Phi) is 2.01. The van der Waals surface area contributed by atoms with Gasteiger partial charge in [-0.3, -0.25) is 4.79 Å². The Bertz CT molecular complexity index is 593. The topological polar surface area (TPSA) is 112 Å². The predicted octanol–water partition coefficient (Wildman–Crippen LogP) is -1.42. The molecule has 0 aromatic carbocycles. The minimum Gasteiger partial charge on any atom is -0.459 e. The lowest BCUT2D eigenvalue weighted by Gasteiger charge is -2.55. The molecule has 0 aromatic rings. The Balaban J connectivity index is 1.74. The molecule has 2 aliphatic carbocycles. The maximum Gasteiger partial charge on any atom is 0.312 e. The summed E-state index contributed by atoms with van der Waals surface area (Å²) in [5.41, 5.74) is -4.66. The van der Waals surface area contributed by atoms with Crippen LogP contribution in [0.1, 0.15) is 20.8 Å². The molecule has 3 aliphatic heterocycles. The molecule has 22 heavy (non-hydrogen) atoms. The van der Waals surface area contributed by atoms with Crippen LogP contribution in [0.15, 0.2) is 0 Å². The summed E-state index contributed by atoms with van der Waals surface area (Å²) in [6.45, 7) is 5.29. The third kappa shape index (κ3) is 1.05. The molecule has 5 fully saturated rings. The highest BCUT2D eigenvalue weighted by molar-refractivity contribution is 5.79. The van der Waals surface area contributed by atoms with Gasteiger partial charge in [-0.15, -0.1) is 0 Å². The highest BCUT2D eigenvalue weighted by Crippen LogP contribution is 2.76. The fraction of sp³-hybridized carbons (Fsp3) is 0.933. The number of aliphatic hydroxyl groups excluding tert-OH is 1. The van der Waals surface area contributed by atoms with Crippen LogP contribution in [0.4, 0.5) is 0 Å². The lowest BCUT2D eigenvalue weighted by atomic mass is 9.51. The van der Waals surface area contributed by atoms with Gasteiger partial charge in [0, 0.05) is 5.92 Å². The van der Waals surface area contributed by atoms with Gasteiger partial charge in [0.1, 0.15) is 35.6 Å². The Labute approximate surface area is 127 Å². The van der Waals surface area contributed by atoms with Crippen molar-refractivity contribution >= 4 is 5.97 Å². The standard InChI is InChI=1S/C15H20O7/c1-12(2,18)5-6-11(17)21-7(5)8(16)13(3)14(4-20-14)9-10(22-9)15(6,13)19/h5-10,16,18-19H,4H2,1-3H3/t5-,6+,7-,8+,9+,10-,13-,14+,15-/m0/s1. The SMILES string of the molecule is CC(C)(O)[C@@H]1[C@@H]2OC(=O)[C@@H]1[C@]1(O)[C@H]3O[C@H]3[C@]3(CO3)[C@]1(C)[C@@H]2O. The van der Waals surface area contributed by atoms with Crippen LogP contribution in [0.3, 0.4) is 0 Å². The van der Waals surface area contributed by atoms with E-state index in [1.807, 2.05) is 0 Å². The van der Waals surface area contributed by atoms with Gasteiger partial charge >= 0.3 is 5.97 Å². The maximum absolute atomic E-state index is 12.4. The molecule has 3 saturated heterocycles. The van der Waals surface area contributed by atoms with E-state index < -0.39 is 58.3 Å². The van der Waals surface area contributed by atoms with Gasteiger partial charge in [0.25, 0.3) is 0 Å². The van der Waals surface area contributed by atoms with Crippen molar-refractivity contribution in [1.82, 2.24) is 0 Å². The van der Waals surface area contributed by atoms with Crippen molar-refractivity contribution in [2.24, 2.45) is 17.3 Å². The van der Waals surface area contributed by atoms with Crippen LogP contribution < -0.4 is 0 Å². The van der Waals surface area contributed by atoms with Gasteiger partial charge in [0.05, 0.1) is 23.5 Å². The zero-order chi connectivity index (χ0) is 15.9. The molecule has 3 N–H and O–H groups in total. The fourth-order valence-corrected chi connectivity index (χ4v) is 5.73. The van der Waals surface area contributed by atoms with Crippen LogP contribution in [0.5, 0.6) is 0 Å². The molecular formula is C15H20O7. The normalized spacial score (nSPS) is 64.4. The molecule has 0 amide bonds. The summed E-state index contributed by atoms with van der Waals surface area (Å²) in [7, 11) is 0. The molecule has 1 spiro atoms. The smallest absolute Gasteiger partial charge is 0.312 e. The summed E-state index contributed by atoms with van der Waals surface area (Å²) in [4.78, 5) is 12.4. The zero-order valence-corrected chi connectivity index (χ0v) is 12.6. The largest absolute Gasteiger partial charge is 0.459 e. The summed E-state index contributed by atoms with van der Waals surface area (Å²) in [6.07, 6.45) is -2.82. The molecule has 9 atom stereocenters. The van der Waals surface area contributed by atoms with Crippen LogP contribution >= 0.6 is 0 Å². The van der Waals surface area contributed by atoms with Crippen LogP contribution in [0.2, 0.25) is 0 Å². The van der Waals surface area contributed by atoms with E-state index in [-0.39, 0.29) is 6.10 Å². The van der Waals surface area contributed by atoms with Gasteiger partial charge in [0.2, 0.25) is 0 Å². The molecule has 5 aliphatic rings. The Hall–Kier alpha value is -0.730. The van der Waals surface area contributed by atoms with Crippen molar-refractivity contribution in [2.75, 3.05) is 6.61 Å². The summed E-state index contributed by atoms with van der Waals surface area (Å²) < 4.78 is 16.6.